The Morgan fingerprint density at radius 3 is 2.44 bits per heavy atom. The van der Waals surface area contributed by atoms with E-state index in [0.29, 0.717) is 30.4 Å². The Labute approximate surface area is 227 Å². The summed E-state index contributed by atoms with van der Waals surface area (Å²) in [6.45, 7) is 4.93. The Balaban J connectivity index is 1.46. The van der Waals surface area contributed by atoms with Crippen molar-refractivity contribution in [2.24, 2.45) is 11.0 Å². The van der Waals surface area contributed by atoms with E-state index < -0.39 is 28.3 Å². The summed E-state index contributed by atoms with van der Waals surface area (Å²) in [5.41, 5.74) is 3.18. The average Bonchev–Trinajstić information content (AvgIpc) is 2.92. The molecule has 3 aromatic carbocycles. The number of carbonyl (C=O) groups excluding carboxylic acids is 1. The predicted molar refractivity (Wildman–Crippen MR) is 145 cm³/mol. The largest absolute Gasteiger partial charge is 0.494 e. The molecule has 0 atom stereocenters. The van der Waals surface area contributed by atoms with Crippen LogP contribution in [0.15, 0.2) is 76.7 Å². The molecule has 1 aliphatic rings. The maximum Gasteiger partial charge on any atom is 0.264 e. The van der Waals surface area contributed by atoms with Crippen LogP contribution in [-0.4, -0.2) is 46.9 Å². The molecular formula is C28H30FN3O6S. The van der Waals surface area contributed by atoms with E-state index in [1.165, 1.54) is 36.5 Å². The lowest BCUT2D eigenvalue weighted by atomic mass is 10.1. The SMILES string of the molecule is CC(C)CCOc1ccc(/C=N\NC(=O)CN(c2ccc(F)cc2)S(=O)(=O)c2ccc3c(c2)OCCO3)cc1. The number of nitrogens with one attached hydrogen (secondary N) is 1. The average molecular weight is 556 g/mol. The molecule has 1 heterocycles. The van der Waals surface area contributed by atoms with Crippen molar-refractivity contribution in [3.05, 3.63) is 78.1 Å². The summed E-state index contributed by atoms with van der Waals surface area (Å²) < 4.78 is 58.3. The van der Waals surface area contributed by atoms with E-state index in [-0.39, 0.29) is 22.9 Å². The van der Waals surface area contributed by atoms with Gasteiger partial charge >= 0.3 is 0 Å². The minimum atomic E-state index is -4.24. The summed E-state index contributed by atoms with van der Waals surface area (Å²) in [7, 11) is -4.24. The van der Waals surface area contributed by atoms with Crippen molar-refractivity contribution < 1.29 is 31.8 Å². The topological polar surface area (TPSA) is 107 Å². The highest BCUT2D eigenvalue weighted by atomic mass is 32.2. The van der Waals surface area contributed by atoms with Gasteiger partial charge in [0, 0.05) is 6.07 Å². The van der Waals surface area contributed by atoms with Crippen molar-refractivity contribution in [2.75, 3.05) is 30.7 Å². The number of ether oxygens (including phenoxy) is 3. The Bertz CT molecular complexity index is 1410. The summed E-state index contributed by atoms with van der Waals surface area (Å²) in [4.78, 5) is 12.6. The van der Waals surface area contributed by atoms with E-state index in [2.05, 4.69) is 24.4 Å². The molecule has 11 heteroatoms. The first-order valence-corrected chi connectivity index (χ1v) is 13.9. The predicted octanol–water partition coefficient (Wildman–Crippen LogP) is 4.37. The third-order valence-electron chi connectivity index (χ3n) is 5.75. The summed E-state index contributed by atoms with van der Waals surface area (Å²) in [5, 5.41) is 3.95. The normalized spacial score (nSPS) is 12.9. The molecule has 9 nitrogen and oxygen atoms in total. The van der Waals surface area contributed by atoms with Gasteiger partial charge in [-0.05, 0) is 78.6 Å². The van der Waals surface area contributed by atoms with Crippen LogP contribution < -0.4 is 23.9 Å². The maximum atomic E-state index is 13.6. The number of nitrogens with zero attached hydrogens (tertiary/aromatic N) is 2. The number of hydrogen-bond donors (Lipinski definition) is 1. The van der Waals surface area contributed by atoms with Gasteiger partial charge in [-0.3, -0.25) is 9.10 Å². The van der Waals surface area contributed by atoms with E-state index in [1.54, 1.807) is 24.3 Å². The van der Waals surface area contributed by atoms with Crippen LogP contribution in [0.2, 0.25) is 0 Å². The zero-order valence-electron chi connectivity index (χ0n) is 21.7. The fourth-order valence-corrected chi connectivity index (χ4v) is 5.08. The molecule has 3 aromatic rings. The number of amides is 1. The van der Waals surface area contributed by atoms with Gasteiger partial charge in [-0.25, -0.2) is 18.2 Å². The van der Waals surface area contributed by atoms with Gasteiger partial charge in [0.1, 0.15) is 31.3 Å². The Morgan fingerprint density at radius 2 is 1.74 bits per heavy atom. The first kappa shape index (κ1) is 27.9. The highest BCUT2D eigenvalue weighted by molar-refractivity contribution is 7.92. The number of anilines is 1. The molecular weight excluding hydrogens is 525 g/mol. The van der Waals surface area contributed by atoms with Crippen LogP contribution in [0.25, 0.3) is 0 Å². The zero-order chi connectivity index (χ0) is 27.8. The van der Waals surface area contributed by atoms with Gasteiger partial charge in [-0.1, -0.05) is 13.8 Å². The second kappa shape index (κ2) is 12.6. The number of sulfonamides is 1. The third-order valence-corrected chi connectivity index (χ3v) is 7.52. The van der Waals surface area contributed by atoms with Gasteiger partial charge in [0.25, 0.3) is 15.9 Å². The summed E-state index contributed by atoms with van der Waals surface area (Å²) >= 11 is 0. The first-order valence-electron chi connectivity index (χ1n) is 12.4. The molecule has 1 N–H and O–H groups in total. The van der Waals surface area contributed by atoms with Crippen molar-refractivity contribution in [3.8, 4) is 17.2 Å². The molecule has 39 heavy (non-hydrogen) atoms. The van der Waals surface area contributed by atoms with Crippen LogP contribution in [0.1, 0.15) is 25.8 Å². The lowest BCUT2D eigenvalue weighted by Gasteiger charge is -2.25. The van der Waals surface area contributed by atoms with Gasteiger partial charge in [-0.2, -0.15) is 5.10 Å². The smallest absolute Gasteiger partial charge is 0.264 e. The lowest BCUT2D eigenvalue weighted by molar-refractivity contribution is -0.119. The number of fused-ring (bicyclic) bond motifs is 1. The van der Waals surface area contributed by atoms with Crippen molar-refractivity contribution in [1.82, 2.24) is 5.43 Å². The van der Waals surface area contributed by atoms with Crippen LogP contribution in [-0.2, 0) is 14.8 Å². The summed E-state index contributed by atoms with van der Waals surface area (Å²) in [6.07, 6.45) is 2.39. The van der Waals surface area contributed by atoms with Crippen molar-refractivity contribution in [3.63, 3.8) is 0 Å². The second-order valence-electron chi connectivity index (χ2n) is 9.19. The first-order chi connectivity index (χ1) is 18.7. The number of carbonyl (C=O) groups is 1. The van der Waals surface area contributed by atoms with Crippen LogP contribution in [0.5, 0.6) is 17.2 Å². The number of benzene rings is 3. The van der Waals surface area contributed by atoms with E-state index >= 15 is 0 Å². The quantitative estimate of drug-likeness (QED) is 0.278. The molecule has 1 amide bonds. The van der Waals surface area contributed by atoms with E-state index in [0.717, 1.165) is 28.6 Å². The number of halogens is 1. The van der Waals surface area contributed by atoms with E-state index in [9.17, 15) is 17.6 Å². The van der Waals surface area contributed by atoms with Gasteiger partial charge in [-0.15, -0.1) is 0 Å². The van der Waals surface area contributed by atoms with E-state index in [4.69, 9.17) is 14.2 Å². The summed E-state index contributed by atoms with van der Waals surface area (Å²) in [5.74, 6) is 0.764. The molecule has 0 aromatic heterocycles. The zero-order valence-corrected chi connectivity index (χ0v) is 22.5. The van der Waals surface area contributed by atoms with Gasteiger partial charge in [0.05, 0.1) is 23.4 Å². The second-order valence-corrected chi connectivity index (χ2v) is 11.0. The van der Waals surface area contributed by atoms with Crippen LogP contribution in [0.4, 0.5) is 10.1 Å². The number of hydrogen-bond acceptors (Lipinski definition) is 7. The molecule has 1 aliphatic heterocycles. The highest BCUT2D eigenvalue weighted by Crippen LogP contribution is 2.34. The molecule has 206 valence electrons. The number of hydrazone groups is 1. The molecule has 0 unspecified atom stereocenters. The van der Waals surface area contributed by atoms with Gasteiger partial charge < -0.3 is 14.2 Å². The van der Waals surface area contributed by atoms with Gasteiger partial charge in [0.2, 0.25) is 0 Å². The molecule has 0 spiro atoms. The van der Waals surface area contributed by atoms with Crippen LogP contribution in [0, 0.1) is 11.7 Å². The van der Waals surface area contributed by atoms with Gasteiger partial charge in [0.15, 0.2) is 11.5 Å². The van der Waals surface area contributed by atoms with Crippen LogP contribution >= 0.6 is 0 Å². The molecule has 0 fully saturated rings. The van der Waals surface area contributed by atoms with Crippen molar-refractivity contribution in [1.29, 1.82) is 0 Å². The molecule has 0 saturated carbocycles. The molecule has 0 aliphatic carbocycles. The maximum absolute atomic E-state index is 13.6. The summed E-state index contributed by atoms with van der Waals surface area (Å²) in [6, 6.07) is 16.2. The van der Waals surface area contributed by atoms with Crippen molar-refractivity contribution in [2.45, 2.75) is 25.2 Å². The Morgan fingerprint density at radius 1 is 1.05 bits per heavy atom. The molecule has 4 rings (SSSR count). The standard InChI is InChI=1S/C28H30FN3O6S/c1-20(2)13-14-36-24-9-3-21(4-10-24)18-30-31-28(33)19-32(23-7-5-22(29)6-8-23)39(34,35)25-11-12-26-27(17-25)38-16-15-37-26/h3-12,17-18,20H,13-16,19H2,1-2H3,(H,31,33)/b30-18-. The Kier molecular flexibility index (Phi) is 9.03. The third kappa shape index (κ3) is 7.47. The van der Waals surface area contributed by atoms with Crippen LogP contribution in [0.3, 0.4) is 0 Å². The minimum absolute atomic E-state index is 0.108. The molecule has 0 bridgehead atoms. The Hall–Kier alpha value is -4.12. The lowest BCUT2D eigenvalue weighted by Crippen LogP contribution is -2.39. The van der Waals surface area contributed by atoms with Crippen molar-refractivity contribution >= 4 is 27.8 Å². The fraction of sp³-hybridized carbons (Fsp3) is 0.286. The molecule has 0 saturated heterocycles. The number of rotatable bonds is 11. The molecule has 0 radical (unpaired) electrons. The fourth-order valence-electron chi connectivity index (χ4n) is 3.64. The minimum Gasteiger partial charge on any atom is -0.494 e. The van der Waals surface area contributed by atoms with E-state index in [1.807, 2.05) is 0 Å². The monoisotopic (exact) mass is 555 g/mol. The highest BCUT2D eigenvalue weighted by Gasteiger charge is 2.29.